The Morgan fingerprint density at radius 1 is 1.55 bits per heavy atom. The molecule has 0 bridgehead atoms. The van der Waals surface area contributed by atoms with Crippen LogP contribution in [0.2, 0.25) is 0 Å². The van der Waals surface area contributed by atoms with Crippen molar-refractivity contribution in [3.8, 4) is 0 Å². The van der Waals surface area contributed by atoms with Crippen molar-refractivity contribution in [2.24, 2.45) is 0 Å². The number of thiazole rings is 1. The molecule has 1 amide bonds. The summed E-state index contributed by atoms with van der Waals surface area (Å²) < 4.78 is 0. The van der Waals surface area contributed by atoms with Crippen LogP contribution in [0.1, 0.15) is 34.4 Å². The van der Waals surface area contributed by atoms with Gasteiger partial charge in [-0.2, -0.15) is 5.10 Å². The van der Waals surface area contributed by atoms with Gasteiger partial charge in [-0.15, -0.1) is 11.3 Å². The van der Waals surface area contributed by atoms with Gasteiger partial charge in [0.2, 0.25) is 0 Å². The summed E-state index contributed by atoms with van der Waals surface area (Å²) in [7, 11) is 0. The number of amides is 1. The van der Waals surface area contributed by atoms with E-state index in [4.69, 9.17) is 0 Å². The molecule has 20 heavy (non-hydrogen) atoms. The van der Waals surface area contributed by atoms with Crippen molar-refractivity contribution in [1.29, 1.82) is 0 Å². The van der Waals surface area contributed by atoms with Gasteiger partial charge in [-0.1, -0.05) is 0 Å². The zero-order valence-electron chi connectivity index (χ0n) is 11.6. The van der Waals surface area contributed by atoms with E-state index in [0.29, 0.717) is 18.8 Å². The molecule has 0 spiro atoms. The Labute approximate surface area is 121 Å². The number of aromatic amines is 1. The molecule has 0 atom stereocenters. The standard InChI is InChI=1S/C13H17N5OS/c1-3-18(13-15-8(2)7-20-13)12(19)11-9-6-14-5-4-10(9)16-17-11/h7,14H,3-6H2,1-2H3,(H,16,17). The lowest BCUT2D eigenvalue weighted by molar-refractivity contribution is 0.0982. The van der Waals surface area contributed by atoms with E-state index >= 15 is 0 Å². The first-order valence-electron chi connectivity index (χ1n) is 6.71. The Kier molecular flexibility index (Phi) is 3.54. The van der Waals surface area contributed by atoms with Crippen molar-refractivity contribution in [2.75, 3.05) is 18.0 Å². The van der Waals surface area contributed by atoms with Gasteiger partial charge in [-0.25, -0.2) is 4.98 Å². The highest BCUT2D eigenvalue weighted by atomic mass is 32.1. The maximum absolute atomic E-state index is 12.7. The Balaban J connectivity index is 1.92. The minimum absolute atomic E-state index is 0.0805. The lowest BCUT2D eigenvalue weighted by Crippen LogP contribution is -2.33. The molecule has 0 radical (unpaired) electrons. The molecular weight excluding hydrogens is 274 g/mol. The predicted molar refractivity (Wildman–Crippen MR) is 78.2 cm³/mol. The number of nitrogens with zero attached hydrogens (tertiary/aromatic N) is 3. The fourth-order valence-corrected chi connectivity index (χ4v) is 3.23. The Bertz CT molecular complexity index is 632. The van der Waals surface area contributed by atoms with Gasteiger partial charge >= 0.3 is 0 Å². The molecule has 2 N–H and O–H groups in total. The molecule has 0 saturated heterocycles. The van der Waals surface area contributed by atoms with Crippen LogP contribution in [0.3, 0.4) is 0 Å². The van der Waals surface area contributed by atoms with Crippen LogP contribution in [0.25, 0.3) is 0 Å². The van der Waals surface area contributed by atoms with E-state index in [0.717, 1.165) is 35.0 Å². The van der Waals surface area contributed by atoms with Crippen molar-refractivity contribution in [3.05, 3.63) is 28.0 Å². The van der Waals surface area contributed by atoms with Gasteiger partial charge in [-0.3, -0.25) is 14.8 Å². The summed E-state index contributed by atoms with van der Waals surface area (Å²) in [6.07, 6.45) is 0.887. The van der Waals surface area contributed by atoms with Crippen molar-refractivity contribution in [3.63, 3.8) is 0 Å². The van der Waals surface area contributed by atoms with Crippen LogP contribution >= 0.6 is 11.3 Å². The molecule has 2 aromatic rings. The third-order valence-corrected chi connectivity index (χ3v) is 4.39. The van der Waals surface area contributed by atoms with Gasteiger partial charge in [0.1, 0.15) is 0 Å². The zero-order chi connectivity index (χ0) is 14.1. The maximum Gasteiger partial charge on any atom is 0.280 e. The van der Waals surface area contributed by atoms with Gasteiger partial charge in [0.25, 0.3) is 5.91 Å². The molecule has 0 aliphatic carbocycles. The highest BCUT2D eigenvalue weighted by molar-refractivity contribution is 7.14. The van der Waals surface area contributed by atoms with Crippen LogP contribution in [-0.2, 0) is 13.0 Å². The second kappa shape index (κ2) is 5.34. The van der Waals surface area contributed by atoms with E-state index in [1.165, 1.54) is 11.3 Å². The first-order valence-corrected chi connectivity index (χ1v) is 7.59. The van der Waals surface area contributed by atoms with E-state index in [1.807, 2.05) is 19.2 Å². The summed E-state index contributed by atoms with van der Waals surface area (Å²) in [5.74, 6) is -0.0805. The molecule has 0 saturated carbocycles. The Hall–Kier alpha value is -1.73. The molecule has 106 valence electrons. The molecule has 7 heteroatoms. The van der Waals surface area contributed by atoms with Gasteiger partial charge in [0.15, 0.2) is 10.8 Å². The van der Waals surface area contributed by atoms with Crippen LogP contribution in [-0.4, -0.2) is 34.2 Å². The maximum atomic E-state index is 12.7. The van der Waals surface area contributed by atoms with Crippen LogP contribution < -0.4 is 10.2 Å². The molecule has 0 unspecified atom stereocenters. The van der Waals surface area contributed by atoms with Crippen LogP contribution in [0.4, 0.5) is 5.13 Å². The number of carbonyl (C=O) groups is 1. The van der Waals surface area contributed by atoms with E-state index in [2.05, 4.69) is 20.5 Å². The third-order valence-electron chi connectivity index (χ3n) is 3.41. The van der Waals surface area contributed by atoms with Crippen LogP contribution in [0, 0.1) is 6.92 Å². The van der Waals surface area contributed by atoms with Crippen molar-refractivity contribution >= 4 is 22.4 Å². The molecule has 3 rings (SSSR count). The molecule has 1 aliphatic rings. The molecular formula is C13H17N5OS. The Morgan fingerprint density at radius 3 is 3.10 bits per heavy atom. The normalized spacial score (nSPS) is 14.1. The largest absolute Gasteiger partial charge is 0.312 e. The second-order valence-electron chi connectivity index (χ2n) is 4.78. The van der Waals surface area contributed by atoms with Gasteiger partial charge in [0.05, 0.1) is 5.69 Å². The molecule has 3 heterocycles. The third kappa shape index (κ3) is 2.23. The van der Waals surface area contributed by atoms with E-state index in [9.17, 15) is 4.79 Å². The van der Waals surface area contributed by atoms with Crippen LogP contribution in [0.5, 0.6) is 0 Å². The van der Waals surface area contributed by atoms with Gasteiger partial charge < -0.3 is 5.32 Å². The molecule has 1 aliphatic heterocycles. The number of rotatable bonds is 3. The lowest BCUT2D eigenvalue weighted by atomic mass is 10.1. The number of aryl methyl sites for hydroxylation is 1. The number of hydrogen-bond acceptors (Lipinski definition) is 5. The summed E-state index contributed by atoms with van der Waals surface area (Å²) in [6.45, 7) is 6.08. The monoisotopic (exact) mass is 291 g/mol. The van der Waals surface area contributed by atoms with Crippen molar-refractivity contribution in [1.82, 2.24) is 20.5 Å². The predicted octanol–water partition coefficient (Wildman–Crippen LogP) is 1.49. The average molecular weight is 291 g/mol. The summed E-state index contributed by atoms with van der Waals surface area (Å²) in [5.41, 5.74) is 3.51. The summed E-state index contributed by atoms with van der Waals surface area (Å²) in [5, 5.41) is 13.2. The first-order chi connectivity index (χ1) is 9.70. The quantitative estimate of drug-likeness (QED) is 0.898. The number of aromatic nitrogens is 3. The number of H-pyrrole nitrogens is 1. The number of nitrogens with one attached hydrogen (secondary N) is 2. The van der Waals surface area contributed by atoms with Gasteiger partial charge in [0, 0.05) is 42.7 Å². The fraction of sp³-hybridized carbons (Fsp3) is 0.462. The molecule has 0 fully saturated rings. The van der Waals surface area contributed by atoms with E-state index in [-0.39, 0.29) is 5.91 Å². The number of hydrogen-bond donors (Lipinski definition) is 2. The average Bonchev–Trinajstić information content (AvgIpc) is 3.06. The second-order valence-corrected chi connectivity index (χ2v) is 5.61. The fourth-order valence-electron chi connectivity index (χ4n) is 2.36. The first kappa shape index (κ1) is 13.3. The van der Waals surface area contributed by atoms with Crippen molar-refractivity contribution in [2.45, 2.75) is 26.8 Å². The molecule has 0 aromatic carbocycles. The number of fused-ring (bicyclic) bond motifs is 1. The highest BCUT2D eigenvalue weighted by Gasteiger charge is 2.26. The SMILES string of the molecule is CCN(C(=O)c1n[nH]c2c1CNCC2)c1nc(C)cs1. The van der Waals surface area contributed by atoms with Crippen LogP contribution in [0.15, 0.2) is 5.38 Å². The minimum Gasteiger partial charge on any atom is -0.312 e. The summed E-state index contributed by atoms with van der Waals surface area (Å²) >= 11 is 1.49. The minimum atomic E-state index is -0.0805. The highest BCUT2D eigenvalue weighted by Crippen LogP contribution is 2.24. The summed E-state index contributed by atoms with van der Waals surface area (Å²) in [4.78, 5) is 18.8. The Morgan fingerprint density at radius 2 is 2.40 bits per heavy atom. The molecule has 2 aromatic heterocycles. The smallest absolute Gasteiger partial charge is 0.280 e. The van der Waals surface area contributed by atoms with Gasteiger partial charge in [-0.05, 0) is 13.8 Å². The van der Waals surface area contributed by atoms with E-state index in [1.54, 1.807) is 4.90 Å². The zero-order valence-corrected chi connectivity index (χ0v) is 12.4. The van der Waals surface area contributed by atoms with Crippen molar-refractivity contribution < 1.29 is 4.79 Å². The number of anilines is 1. The van der Waals surface area contributed by atoms with E-state index < -0.39 is 0 Å². The molecule has 6 nitrogen and oxygen atoms in total. The topological polar surface area (TPSA) is 73.9 Å². The number of carbonyl (C=O) groups excluding carboxylic acids is 1. The lowest BCUT2D eigenvalue weighted by Gasteiger charge is -2.18. The summed E-state index contributed by atoms with van der Waals surface area (Å²) in [6, 6.07) is 0.